The lowest BCUT2D eigenvalue weighted by molar-refractivity contribution is -0.117. The highest BCUT2D eigenvalue weighted by atomic mass is 16.5. The van der Waals surface area contributed by atoms with Crippen molar-refractivity contribution in [1.29, 1.82) is 0 Å². The number of hydrogen-bond acceptors (Lipinski definition) is 3. The SMILES string of the molecule is CN(CC1CCCCO1)CC1(C=O)CCCC1. The summed E-state index contributed by atoms with van der Waals surface area (Å²) in [5.41, 5.74) is -0.0522. The lowest BCUT2D eigenvalue weighted by Gasteiger charge is -2.32. The fourth-order valence-electron chi connectivity index (χ4n) is 3.29. The van der Waals surface area contributed by atoms with Gasteiger partial charge in [0.25, 0.3) is 0 Å². The third kappa shape index (κ3) is 3.52. The van der Waals surface area contributed by atoms with Crippen molar-refractivity contribution in [1.82, 2.24) is 4.90 Å². The lowest BCUT2D eigenvalue weighted by atomic mass is 9.87. The normalized spacial score (nSPS) is 28.5. The summed E-state index contributed by atoms with van der Waals surface area (Å²) in [6, 6.07) is 0. The van der Waals surface area contributed by atoms with Gasteiger partial charge in [0.1, 0.15) is 6.29 Å². The van der Waals surface area contributed by atoms with E-state index in [1.165, 1.54) is 38.4 Å². The van der Waals surface area contributed by atoms with Crippen LogP contribution in [0.15, 0.2) is 0 Å². The van der Waals surface area contributed by atoms with Gasteiger partial charge in [0.2, 0.25) is 0 Å². The standard InChI is InChI=1S/C14H25NO2/c1-15(10-13-6-2-5-9-17-13)11-14(12-16)7-3-4-8-14/h12-13H,2-11H2,1H3. The number of rotatable bonds is 5. The molecule has 1 heterocycles. The highest BCUT2D eigenvalue weighted by molar-refractivity contribution is 5.60. The Kier molecular flexibility index (Phi) is 4.57. The molecular weight excluding hydrogens is 214 g/mol. The van der Waals surface area contributed by atoms with Crippen LogP contribution < -0.4 is 0 Å². The van der Waals surface area contributed by atoms with Gasteiger partial charge in [-0.1, -0.05) is 12.8 Å². The van der Waals surface area contributed by atoms with Crippen molar-refractivity contribution in [2.45, 2.75) is 51.0 Å². The maximum atomic E-state index is 11.3. The van der Waals surface area contributed by atoms with Gasteiger partial charge in [0.15, 0.2) is 0 Å². The van der Waals surface area contributed by atoms with Gasteiger partial charge in [0.05, 0.1) is 6.10 Å². The molecule has 2 aliphatic rings. The van der Waals surface area contributed by atoms with Gasteiger partial charge in [-0.3, -0.25) is 0 Å². The Hall–Kier alpha value is -0.410. The van der Waals surface area contributed by atoms with Crippen LogP contribution in [-0.4, -0.2) is 44.0 Å². The number of ether oxygens (including phenoxy) is 1. The molecule has 0 amide bonds. The Morgan fingerprint density at radius 2 is 2.06 bits per heavy atom. The fourth-order valence-corrected chi connectivity index (χ4v) is 3.29. The van der Waals surface area contributed by atoms with Crippen LogP contribution in [0.3, 0.4) is 0 Å². The average Bonchev–Trinajstić information content (AvgIpc) is 2.79. The van der Waals surface area contributed by atoms with Crippen LogP contribution in [0.25, 0.3) is 0 Å². The number of nitrogens with zero attached hydrogens (tertiary/aromatic N) is 1. The van der Waals surface area contributed by atoms with Gasteiger partial charge in [-0.15, -0.1) is 0 Å². The van der Waals surface area contributed by atoms with Crippen LogP contribution in [0.4, 0.5) is 0 Å². The second kappa shape index (κ2) is 5.96. The molecule has 0 bridgehead atoms. The van der Waals surface area contributed by atoms with E-state index < -0.39 is 0 Å². The minimum absolute atomic E-state index is 0.0522. The molecule has 98 valence electrons. The second-order valence-electron chi connectivity index (χ2n) is 5.87. The molecule has 3 heteroatoms. The Morgan fingerprint density at radius 1 is 1.29 bits per heavy atom. The van der Waals surface area contributed by atoms with Crippen LogP contribution in [0.5, 0.6) is 0 Å². The minimum Gasteiger partial charge on any atom is -0.377 e. The van der Waals surface area contributed by atoms with Crippen molar-refractivity contribution < 1.29 is 9.53 Å². The number of likely N-dealkylation sites (N-methyl/N-ethyl adjacent to an activating group) is 1. The molecule has 0 radical (unpaired) electrons. The predicted molar refractivity (Wildman–Crippen MR) is 68.1 cm³/mol. The Bertz CT molecular complexity index is 243. The van der Waals surface area contributed by atoms with Crippen LogP contribution in [0.2, 0.25) is 0 Å². The molecule has 0 spiro atoms. The van der Waals surface area contributed by atoms with Crippen molar-refractivity contribution in [2.24, 2.45) is 5.41 Å². The Labute approximate surface area is 105 Å². The highest BCUT2D eigenvalue weighted by Gasteiger charge is 2.35. The van der Waals surface area contributed by atoms with Crippen LogP contribution in [0, 0.1) is 5.41 Å². The summed E-state index contributed by atoms with van der Waals surface area (Å²) in [5, 5.41) is 0. The Morgan fingerprint density at radius 3 is 2.65 bits per heavy atom. The molecule has 1 saturated carbocycles. The van der Waals surface area contributed by atoms with E-state index in [1.807, 2.05) is 0 Å². The summed E-state index contributed by atoms with van der Waals surface area (Å²) < 4.78 is 5.75. The number of carbonyl (C=O) groups is 1. The lowest BCUT2D eigenvalue weighted by Crippen LogP contribution is -2.40. The Balaban J connectivity index is 1.79. The van der Waals surface area contributed by atoms with E-state index in [2.05, 4.69) is 11.9 Å². The zero-order valence-electron chi connectivity index (χ0n) is 11.0. The van der Waals surface area contributed by atoms with E-state index in [-0.39, 0.29) is 5.41 Å². The van der Waals surface area contributed by atoms with Crippen molar-refractivity contribution in [3.05, 3.63) is 0 Å². The van der Waals surface area contributed by atoms with E-state index in [4.69, 9.17) is 4.74 Å². The molecule has 1 aliphatic heterocycles. The van der Waals surface area contributed by atoms with E-state index >= 15 is 0 Å². The zero-order valence-corrected chi connectivity index (χ0v) is 11.0. The summed E-state index contributed by atoms with van der Waals surface area (Å²) in [4.78, 5) is 13.6. The molecule has 2 fully saturated rings. The minimum atomic E-state index is -0.0522. The van der Waals surface area contributed by atoms with Gasteiger partial charge in [-0.25, -0.2) is 0 Å². The summed E-state index contributed by atoms with van der Waals surface area (Å²) in [5.74, 6) is 0. The van der Waals surface area contributed by atoms with Crippen molar-refractivity contribution in [2.75, 3.05) is 26.7 Å². The monoisotopic (exact) mass is 239 g/mol. The first-order valence-corrected chi connectivity index (χ1v) is 7.01. The summed E-state index contributed by atoms with van der Waals surface area (Å²) in [6.07, 6.45) is 9.85. The maximum Gasteiger partial charge on any atom is 0.127 e. The smallest absolute Gasteiger partial charge is 0.127 e. The van der Waals surface area contributed by atoms with Gasteiger partial charge < -0.3 is 14.4 Å². The molecule has 0 aromatic rings. The molecule has 1 aliphatic carbocycles. The molecule has 0 aromatic heterocycles. The topological polar surface area (TPSA) is 29.5 Å². The van der Waals surface area contributed by atoms with Crippen molar-refractivity contribution in [3.8, 4) is 0 Å². The third-order valence-electron chi connectivity index (χ3n) is 4.22. The molecule has 1 unspecified atom stereocenters. The first-order chi connectivity index (χ1) is 8.24. The fraction of sp³-hybridized carbons (Fsp3) is 0.929. The quantitative estimate of drug-likeness (QED) is 0.689. The molecule has 0 aromatic carbocycles. The largest absolute Gasteiger partial charge is 0.377 e. The molecule has 3 nitrogen and oxygen atoms in total. The van der Waals surface area contributed by atoms with Gasteiger partial charge >= 0.3 is 0 Å². The molecule has 1 atom stereocenters. The van der Waals surface area contributed by atoms with Gasteiger partial charge in [-0.2, -0.15) is 0 Å². The van der Waals surface area contributed by atoms with E-state index in [0.717, 1.165) is 32.5 Å². The second-order valence-corrected chi connectivity index (χ2v) is 5.87. The molecular formula is C14H25NO2. The van der Waals surface area contributed by atoms with Crippen LogP contribution in [-0.2, 0) is 9.53 Å². The van der Waals surface area contributed by atoms with Crippen molar-refractivity contribution >= 4 is 6.29 Å². The third-order valence-corrected chi connectivity index (χ3v) is 4.22. The summed E-state index contributed by atoms with van der Waals surface area (Å²) in [7, 11) is 2.13. The molecule has 0 N–H and O–H groups in total. The first-order valence-electron chi connectivity index (χ1n) is 7.01. The average molecular weight is 239 g/mol. The van der Waals surface area contributed by atoms with E-state index in [0.29, 0.717) is 6.10 Å². The number of hydrogen-bond donors (Lipinski definition) is 0. The highest BCUT2D eigenvalue weighted by Crippen LogP contribution is 2.36. The van der Waals surface area contributed by atoms with Crippen LogP contribution >= 0.6 is 0 Å². The number of carbonyl (C=O) groups excluding carboxylic acids is 1. The summed E-state index contributed by atoms with van der Waals surface area (Å²) in [6.45, 7) is 2.81. The molecule has 1 saturated heterocycles. The van der Waals surface area contributed by atoms with Crippen molar-refractivity contribution in [3.63, 3.8) is 0 Å². The molecule has 17 heavy (non-hydrogen) atoms. The van der Waals surface area contributed by atoms with E-state index in [1.54, 1.807) is 0 Å². The first kappa shape index (κ1) is 13.0. The maximum absolute atomic E-state index is 11.3. The van der Waals surface area contributed by atoms with Gasteiger partial charge in [0, 0.05) is 25.1 Å². The van der Waals surface area contributed by atoms with Gasteiger partial charge in [-0.05, 0) is 39.2 Å². The summed E-state index contributed by atoms with van der Waals surface area (Å²) >= 11 is 0. The van der Waals surface area contributed by atoms with Crippen LogP contribution in [0.1, 0.15) is 44.9 Å². The van der Waals surface area contributed by atoms with E-state index in [9.17, 15) is 4.79 Å². The number of aldehydes is 1. The zero-order chi connectivity index (χ0) is 12.1. The molecule has 2 rings (SSSR count). The predicted octanol–water partition coefficient (Wildman–Crippen LogP) is 2.25.